The molecule has 7 rings (SSSR count). The van der Waals surface area contributed by atoms with Gasteiger partial charge in [-0.05, 0) is 33.4 Å². The number of hydrogen-bond acceptors (Lipinski definition) is 1. The molecule has 0 amide bonds. The number of aromatic nitrogens is 2. The predicted molar refractivity (Wildman–Crippen MR) is 146 cm³/mol. The summed E-state index contributed by atoms with van der Waals surface area (Å²) in [6.45, 7) is 7.15. The van der Waals surface area contributed by atoms with E-state index < -0.39 is 8.07 Å². The van der Waals surface area contributed by atoms with Gasteiger partial charge in [-0.25, -0.2) is 4.98 Å². The summed E-state index contributed by atoms with van der Waals surface area (Å²) in [4.78, 5) is 5.06. The molecule has 2 nitrogen and oxygen atoms in total. The maximum absolute atomic E-state index is 5.06. The molecule has 0 aliphatic carbocycles. The van der Waals surface area contributed by atoms with Crippen molar-refractivity contribution in [3.05, 3.63) is 115 Å². The van der Waals surface area contributed by atoms with Gasteiger partial charge in [0.25, 0.3) is 0 Å². The second kappa shape index (κ2) is 6.68. The number of aryl methyl sites for hydroxylation is 1. The van der Waals surface area contributed by atoms with Gasteiger partial charge in [0, 0.05) is 27.7 Å². The Morgan fingerprint density at radius 3 is 1.94 bits per heavy atom. The van der Waals surface area contributed by atoms with Crippen LogP contribution >= 0.6 is 0 Å². The molecule has 0 bridgehead atoms. The molecule has 4 aromatic carbocycles. The molecule has 0 atom stereocenters. The molecule has 164 valence electrons. The maximum atomic E-state index is 5.06. The Labute approximate surface area is 200 Å². The van der Waals surface area contributed by atoms with Gasteiger partial charge in [0.2, 0.25) is 0 Å². The molecule has 1 aliphatic rings. The average Bonchev–Trinajstić information content (AvgIpc) is 3.33. The topological polar surface area (TPSA) is 17.3 Å². The summed E-state index contributed by atoms with van der Waals surface area (Å²) >= 11 is 0. The lowest BCUT2D eigenvalue weighted by Crippen LogP contribution is -2.78. The van der Waals surface area contributed by atoms with Crippen molar-refractivity contribution in [1.82, 2.24) is 9.38 Å². The van der Waals surface area contributed by atoms with Crippen LogP contribution in [0.15, 0.2) is 103 Å². The van der Waals surface area contributed by atoms with E-state index in [2.05, 4.69) is 128 Å². The predicted octanol–water partition coefficient (Wildman–Crippen LogP) is 5.25. The second-order valence-electron chi connectivity index (χ2n) is 10.1. The molecule has 2 aromatic heterocycles. The van der Waals surface area contributed by atoms with Crippen molar-refractivity contribution in [3.8, 4) is 0 Å². The minimum absolute atomic E-state index is 0.118. The van der Waals surface area contributed by atoms with Gasteiger partial charge in [-0.3, -0.25) is 4.40 Å². The molecule has 1 aliphatic heterocycles. The van der Waals surface area contributed by atoms with Crippen LogP contribution in [0.5, 0.6) is 0 Å². The lowest BCUT2D eigenvalue weighted by Gasteiger charge is -2.49. The number of benzene rings is 4. The molecule has 3 heterocycles. The van der Waals surface area contributed by atoms with E-state index in [-0.39, 0.29) is 5.04 Å². The fraction of sp³-hybridized carbons (Fsp3) is 0.129. The number of imidazole rings is 1. The Bertz CT molecular complexity index is 1690. The highest BCUT2D eigenvalue weighted by molar-refractivity contribution is 7.14. The van der Waals surface area contributed by atoms with E-state index in [9.17, 15) is 0 Å². The van der Waals surface area contributed by atoms with Crippen LogP contribution < -0.4 is 15.6 Å². The van der Waals surface area contributed by atoms with Crippen molar-refractivity contribution in [2.24, 2.45) is 0 Å². The van der Waals surface area contributed by atoms with E-state index in [1.807, 2.05) is 0 Å². The van der Waals surface area contributed by atoms with Crippen LogP contribution in [0.25, 0.3) is 27.3 Å². The minimum atomic E-state index is -2.52. The van der Waals surface area contributed by atoms with Crippen molar-refractivity contribution in [2.45, 2.75) is 25.8 Å². The average molecular weight is 455 g/mol. The first-order valence-corrected chi connectivity index (χ1v) is 14.0. The van der Waals surface area contributed by atoms with Gasteiger partial charge >= 0.3 is 0 Å². The zero-order chi connectivity index (χ0) is 23.1. The number of rotatable bonds is 2. The molecule has 0 saturated heterocycles. The van der Waals surface area contributed by atoms with Gasteiger partial charge in [0.05, 0.1) is 5.52 Å². The number of fused-ring (bicyclic) bond motifs is 3. The molecular formula is C31H26N2Si. The summed E-state index contributed by atoms with van der Waals surface area (Å²) in [6.07, 6.45) is 2.15. The Hall–Kier alpha value is -3.69. The summed E-state index contributed by atoms with van der Waals surface area (Å²) in [5.74, 6) is 0. The molecular weight excluding hydrogens is 428 g/mol. The summed E-state index contributed by atoms with van der Waals surface area (Å²) in [5.41, 5.74) is 5.05. The number of nitrogens with zero attached hydrogens (tertiary/aromatic N) is 2. The van der Waals surface area contributed by atoms with Crippen LogP contribution in [-0.2, 0) is 5.04 Å². The summed E-state index contributed by atoms with van der Waals surface area (Å²) in [7, 11) is -2.52. The first-order chi connectivity index (χ1) is 16.6. The van der Waals surface area contributed by atoms with Crippen molar-refractivity contribution < 1.29 is 0 Å². The molecule has 34 heavy (non-hydrogen) atoms. The second-order valence-corrected chi connectivity index (χ2v) is 14.6. The normalized spacial score (nSPS) is 16.0. The van der Waals surface area contributed by atoms with Gasteiger partial charge in [0.1, 0.15) is 5.65 Å². The molecule has 0 unspecified atom stereocenters. The highest BCUT2D eigenvalue weighted by Crippen LogP contribution is 2.42. The third-order valence-electron chi connectivity index (χ3n) is 8.20. The molecule has 0 saturated carbocycles. The van der Waals surface area contributed by atoms with Crippen molar-refractivity contribution in [3.63, 3.8) is 0 Å². The molecule has 0 radical (unpaired) electrons. The largest absolute Gasteiger partial charge is 0.296 e. The maximum Gasteiger partial charge on any atom is 0.162 e. The first kappa shape index (κ1) is 19.7. The third-order valence-corrected chi connectivity index (χ3v) is 13.9. The Balaban J connectivity index is 1.82. The van der Waals surface area contributed by atoms with E-state index in [0.29, 0.717) is 0 Å². The van der Waals surface area contributed by atoms with Gasteiger partial charge in [-0.2, -0.15) is 0 Å². The summed E-state index contributed by atoms with van der Waals surface area (Å²) in [6, 6.07) is 36.1. The van der Waals surface area contributed by atoms with E-state index in [1.165, 1.54) is 48.5 Å². The van der Waals surface area contributed by atoms with E-state index in [4.69, 9.17) is 4.98 Å². The first-order valence-electron chi connectivity index (χ1n) is 12.0. The van der Waals surface area contributed by atoms with Gasteiger partial charge in [-0.15, -0.1) is 0 Å². The van der Waals surface area contributed by atoms with Crippen LogP contribution in [0.3, 0.4) is 0 Å². The summed E-state index contributed by atoms with van der Waals surface area (Å²) < 4.78 is 2.48. The van der Waals surface area contributed by atoms with Crippen molar-refractivity contribution in [2.75, 3.05) is 0 Å². The van der Waals surface area contributed by atoms with E-state index in [0.717, 1.165) is 5.65 Å². The lowest BCUT2D eigenvalue weighted by molar-refractivity contribution is 0.695. The highest BCUT2D eigenvalue weighted by atomic mass is 28.3. The van der Waals surface area contributed by atoms with E-state index >= 15 is 0 Å². The summed E-state index contributed by atoms with van der Waals surface area (Å²) in [5, 5.41) is 8.15. The molecule has 0 spiro atoms. The Morgan fingerprint density at radius 2 is 1.29 bits per heavy atom. The quantitative estimate of drug-likeness (QED) is 0.258. The zero-order valence-corrected chi connectivity index (χ0v) is 20.7. The van der Waals surface area contributed by atoms with Gasteiger partial charge in [0.15, 0.2) is 8.07 Å². The van der Waals surface area contributed by atoms with Gasteiger partial charge < -0.3 is 0 Å². The van der Waals surface area contributed by atoms with E-state index in [1.54, 1.807) is 0 Å². The monoisotopic (exact) mass is 454 g/mol. The number of pyridine rings is 1. The standard InChI is InChI=1S/C31H26N2Si/c1-21-18-19-26-29-28(21)24-16-10-11-17-25(24)30-32-20-27(33(29)30)31(2,3)34(26,22-12-6-4-7-13-22)23-14-8-5-9-15-23/h4-20H,1-3H3. The van der Waals surface area contributed by atoms with Crippen molar-refractivity contribution >= 4 is 51.0 Å². The lowest BCUT2D eigenvalue weighted by atomic mass is 10.0. The molecule has 3 heteroatoms. The van der Waals surface area contributed by atoms with Crippen LogP contribution in [0.2, 0.25) is 0 Å². The SMILES string of the molecule is Cc1ccc2c3c1c1ccccc1c1ncc(n13)C(C)(C)[Si]2(c1ccccc1)c1ccccc1. The minimum Gasteiger partial charge on any atom is -0.296 e. The van der Waals surface area contributed by atoms with Crippen LogP contribution in [-0.4, -0.2) is 17.5 Å². The smallest absolute Gasteiger partial charge is 0.162 e. The van der Waals surface area contributed by atoms with Crippen LogP contribution in [0, 0.1) is 6.92 Å². The zero-order valence-electron chi connectivity index (χ0n) is 19.7. The molecule has 0 fully saturated rings. The Kier molecular flexibility index (Phi) is 3.88. The fourth-order valence-corrected chi connectivity index (χ4v) is 12.7. The third kappa shape index (κ3) is 2.18. The fourth-order valence-electron chi connectivity index (χ4n) is 6.78. The number of hydrogen-bond donors (Lipinski definition) is 0. The van der Waals surface area contributed by atoms with Gasteiger partial charge in [-0.1, -0.05) is 111 Å². The Morgan fingerprint density at radius 1 is 0.706 bits per heavy atom. The van der Waals surface area contributed by atoms with Crippen LogP contribution in [0.4, 0.5) is 0 Å². The van der Waals surface area contributed by atoms with Crippen molar-refractivity contribution in [1.29, 1.82) is 0 Å². The highest BCUT2D eigenvalue weighted by Gasteiger charge is 2.56. The van der Waals surface area contributed by atoms with Crippen LogP contribution in [0.1, 0.15) is 25.1 Å². The molecule has 0 N–H and O–H groups in total. The molecule has 6 aromatic rings.